The molecule has 0 aliphatic carbocycles. The van der Waals surface area contributed by atoms with Gasteiger partial charge in [0.2, 0.25) is 0 Å². The highest BCUT2D eigenvalue weighted by molar-refractivity contribution is 5.83. The molecule has 0 saturated heterocycles. The molecule has 0 spiro atoms. The number of nitrogens with zero attached hydrogens (tertiary/aromatic N) is 1. The van der Waals surface area contributed by atoms with Crippen LogP contribution in [0.15, 0.2) is 4.99 Å². The van der Waals surface area contributed by atoms with Gasteiger partial charge in [0, 0.05) is 19.0 Å². The van der Waals surface area contributed by atoms with Crippen molar-refractivity contribution in [2.75, 3.05) is 6.54 Å². The van der Waals surface area contributed by atoms with E-state index in [1.54, 1.807) is 0 Å². The summed E-state index contributed by atoms with van der Waals surface area (Å²) < 4.78 is 0. The lowest BCUT2D eigenvalue weighted by Crippen LogP contribution is -2.32. The third-order valence-electron chi connectivity index (χ3n) is 2.11. The van der Waals surface area contributed by atoms with Gasteiger partial charge in [-0.3, -0.25) is 4.99 Å². The van der Waals surface area contributed by atoms with Crippen LogP contribution in [0.3, 0.4) is 0 Å². The lowest BCUT2D eigenvalue weighted by molar-refractivity contribution is 0.489. The molecular weight excluding hydrogens is 148 g/mol. The highest BCUT2D eigenvalue weighted by Gasteiger charge is 2.10. The lowest BCUT2D eigenvalue weighted by Gasteiger charge is -2.16. The number of hydrogen-bond acceptors (Lipinski definition) is 2. The van der Waals surface area contributed by atoms with Crippen LogP contribution in [0.25, 0.3) is 0 Å². The van der Waals surface area contributed by atoms with Crippen LogP contribution >= 0.6 is 0 Å². The van der Waals surface area contributed by atoms with Gasteiger partial charge in [0.05, 0.1) is 5.84 Å². The minimum absolute atomic E-state index is 0.585. The van der Waals surface area contributed by atoms with Crippen molar-refractivity contribution in [3.05, 3.63) is 0 Å². The molecule has 0 aromatic carbocycles. The second-order valence-corrected chi connectivity index (χ2v) is 4.11. The number of nitrogens with one attached hydrogen (secondary N) is 1. The van der Waals surface area contributed by atoms with Gasteiger partial charge in [-0.25, -0.2) is 0 Å². The van der Waals surface area contributed by atoms with E-state index in [0.29, 0.717) is 6.04 Å². The minimum atomic E-state index is 0.585. The predicted molar refractivity (Wildman–Crippen MR) is 53.6 cm³/mol. The average Bonchev–Trinajstić information content (AvgIpc) is 2.37. The maximum atomic E-state index is 4.39. The van der Waals surface area contributed by atoms with Crippen molar-refractivity contribution in [1.29, 1.82) is 0 Å². The molecule has 2 nitrogen and oxygen atoms in total. The van der Waals surface area contributed by atoms with Crippen molar-refractivity contribution < 1.29 is 0 Å². The zero-order chi connectivity index (χ0) is 8.97. The molecule has 0 saturated carbocycles. The quantitative estimate of drug-likeness (QED) is 0.686. The van der Waals surface area contributed by atoms with E-state index in [-0.39, 0.29) is 0 Å². The van der Waals surface area contributed by atoms with E-state index < -0.39 is 0 Å². The van der Waals surface area contributed by atoms with E-state index >= 15 is 0 Å². The van der Waals surface area contributed by atoms with Crippen LogP contribution in [-0.4, -0.2) is 18.4 Å². The average molecular weight is 168 g/mol. The first kappa shape index (κ1) is 9.56. The molecule has 1 rings (SSSR count). The summed E-state index contributed by atoms with van der Waals surface area (Å²) in [6, 6.07) is 0.585. The first-order valence-corrected chi connectivity index (χ1v) is 4.98. The van der Waals surface area contributed by atoms with Crippen LogP contribution in [-0.2, 0) is 0 Å². The molecule has 0 aromatic heterocycles. The van der Waals surface area contributed by atoms with Crippen molar-refractivity contribution in [3.8, 4) is 0 Å². The topological polar surface area (TPSA) is 24.4 Å². The second kappa shape index (κ2) is 4.48. The van der Waals surface area contributed by atoms with Crippen molar-refractivity contribution in [2.24, 2.45) is 10.9 Å². The van der Waals surface area contributed by atoms with E-state index in [1.165, 1.54) is 18.7 Å². The number of aliphatic imine (C=N–C) groups is 1. The third-order valence-corrected chi connectivity index (χ3v) is 2.11. The van der Waals surface area contributed by atoms with E-state index in [4.69, 9.17) is 0 Å². The third kappa shape index (κ3) is 3.24. The lowest BCUT2D eigenvalue weighted by atomic mass is 10.1. The molecule has 0 radical (unpaired) electrons. The van der Waals surface area contributed by atoms with Gasteiger partial charge in [-0.05, 0) is 25.7 Å². The summed E-state index contributed by atoms with van der Waals surface area (Å²) >= 11 is 0. The maximum Gasteiger partial charge on any atom is 0.0965 e. The molecule has 1 heterocycles. The Morgan fingerprint density at radius 1 is 1.42 bits per heavy atom. The van der Waals surface area contributed by atoms with E-state index in [1.807, 2.05) is 0 Å². The van der Waals surface area contributed by atoms with Gasteiger partial charge < -0.3 is 5.32 Å². The maximum absolute atomic E-state index is 4.39. The van der Waals surface area contributed by atoms with Crippen LogP contribution < -0.4 is 5.32 Å². The van der Waals surface area contributed by atoms with Crippen molar-refractivity contribution in [2.45, 2.75) is 46.1 Å². The summed E-state index contributed by atoms with van der Waals surface area (Å²) in [5.41, 5.74) is 0. The van der Waals surface area contributed by atoms with Crippen LogP contribution in [0.2, 0.25) is 0 Å². The molecule has 70 valence electrons. The van der Waals surface area contributed by atoms with E-state index in [9.17, 15) is 0 Å². The van der Waals surface area contributed by atoms with Gasteiger partial charge >= 0.3 is 0 Å². The fraction of sp³-hybridized carbons (Fsp3) is 0.900. The van der Waals surface area contributed by atoms with Gasteiger partial charge in [-0.15, -0.1) is 0 Å². The largest absolute Gasteiger partial charge is 0.371 e. The molecule has 0 fully saturated rings. The fourth-order valence-electron chi connectivity index (χ4n) is 1.71. The highest BCUT2D eigenvalue weighted by atomic mass is 15.0. The smallest absolute Gasteiger partial charge is 0.0965 e. The highest BCUT2D eigenvalue weighted by Crippen LogP contribution is 2.07. The SMILES string of the molecule is CC(C)CC(C)NC1=NCCC1. The second-order valence-electron chi connectivity index (χ2n) is 4.11. The molecular formula is C10H20N2. The monoisotopic (exact) mass is 168 g/mol. The van der Waals surface area contributed by atoms with Crippen molar-refractivity contribution in [3.63, 3.8) is 0 Å². The van der Waals surface area contributed by atoms with E-state index in [2.05, 4.69) is 31.1 Å². The number of rotatable bonds is 3. The summed E-state index contributed by atoms with van der Waals surface area (Å²) in [4.78, 5) is 4.39. The molecule has 0 amide bonds. The first-order valence-electron chi connectivity index (χ1n) is 4.98. The minimum Gasteiger partial charge on any atom is -0.371 e. The van der Waals surface area contributed by atoms with Gasteiger partial charge in [0.15, 0.2) is 0 Å². The van der Waals surface area contributed by atoms with Gasteiger partial charge in [-0.2, -0.15) is 0 Å². The Labute approximate surface area is 75.5 Å². The summed E-state index contributed by atoms with van der Waals surface area (Å²) in [5, 5.41) is 3.46. The summed E-state index contributed by atoms with van der Waals surface area (Å²) in [6.07, 6.45) is 3.62. The molecule has 1 aliphatic heterocycles. The Morgan fingerprint density at radius 2 is 2.17 bits per heavy atom. The zero-order valence-electron chi connectivity index (χ0n) is 8.43. The molecule has 1 aliphatic rings. The van der Waals surface area contributed by atoms with Crippen LogP contribution in [0, 0.1) is 5.92 Å². The Hall–Kier alpha value is -0.530. The summed E-state index contributed by atoms with van der Waals surface area (Å²) in [5.74, 6) is 2.00. The van der Waals surface area contributed by atoms with Crippen molar-refractivity contribution >= 4 is 5.84 Å². The van der Waals surface area contributed by atoms with Gasteiger partial charge in [0.1, 0.15) is 0 Å². The first-order chi connectivity index (χ1) is 5.68. The van der Waals surface area contributed by atoms with Gasteiger partial charge in [0.25, 0.3) is 0 Å². The molecule has 2 heteroatoms. The zero-order valence-corrected chi connectivity index (χ0v) is 8.43. The molecule has 0 bridgehead atoms. The Kier molecular flexibility index (Phi) is 3.57. The number of hydrogen-bond donors (Lipinski definition) is 1. The summed E-state index contributed by atoms with van der Waals surface area (Å²) in [6.45, 7) is 7.78. The Morgan fingerprint density at radius 3 is 2.67 bits per heavy atom. The van der Waals surface area contributed by atoms with Gasteiger partial charge in [-0.1, -0.05) is 13.8 Å². The molecule has 1 N–H and O–H groups in total. The standard InChI is InChI=1S/C10H20N2/c1-8(2)7-9(3)12-10-5-4-6-11-10/h8-9H,4-7H2,1-3H3,(H,11,12). The summed E-state index contributed by atoms with van der Waals surface area (Å²) in [7, 11) is 0. The molecule has 1 unspecified atom stereocenters. The van der Waals surface area contributed by atoms with Crippen LogP contribution in [0.1, 0.15) is 40.0 Å². The molecule has 0 aromatic rings. The molecule has 1 atom stereocenters. The Balaban J connectivity index is 2.21. The van der Waals surface area contributed by atoms with Crippen molar-refractivity contribution in [1.82, 2.24) is 5.32 Å². The fourth-order valence-corrected chi connectivity index (χ4v) is 1.71. The molecule has 12 heavy (non-hydrogen) atoms. The van der Waals surface area contributed by atoms with Crippen LogP contribution in [0.4, 0.5) is 0 Å². The Bertz CT molecular complexity index is 161. The normalized spacial score (nSPS) is 19.5. The van der Waals surface area contributed by atoms with E-state index in [0.717, 1.165) is 18.9 Å². The predicted octanol–water partition coefficient (Wildman–Crippen LogP) is 2.20. The van der Waals surface area contributed by atoms with Crippen LogP contribution in [0.5, 0.6) is 0 Å². The number of amidine groups is 1.